The Labute approximate surface area is 165 Å². The van der Waals surface area contributed by atoms with Gasteiger partial charge in [0.25, 0.3) is 0 Å². The molecular formula is C21H34INO. The highest BCUT2D eigenvalue weighted by Crippen LogP contribution is 2.20. The summed E-state index contributed by atoms with van der Waals surface area (Å²) in [6.07, 6.45) is 14.4. The summed E-state index contributed by atoms with van der Waals surface area (Å²) in [5, 5.41) is 0. The van der Waals surface area contributed by atoms with Crippen molar-refractivity contribution in [3.63, 3.8) is 0 Å². The molecule has 136 valence electrons. The van der Waals surface area contributed by atoms with Crippen LogP contribution in [0.5, 0.6) is 5.75 Å². The van der Waals surface area contributed by atoms with Crippen LogP contribution in [0.3, 0.4) is 0 Å². The Kier molecular flexibility index (Phi) is 8.88. The molecule has 0 aliphatic heterocycles. The second-order valence-corrected chi connectivity index (χ2v) is 7.66. The van der Waals surface area contributed by atoms with Gasteiger partial charge in [-0.05, 0) is 76.0 Å². The molecule has 0 heterocycles. The highest BCUT2D eigenvalue weighted by molar-refractivity contribution is 5.27. The Morgan fingerprint density at radius 1 is 0.917 bits per heavy atom. The van der Waals surface area contributed by atoms with Crippen molar-refractivity contribution >= 4 is 0 Å². The van der Waals surface area contributed by atoms with Gasteiger partial charge in [0.1, 0.15) is 18.9 Å². The zero-order chi connectivity index (χ0) is 15.9. The van der Waals surface area contributed by atoms with Crippen molar-refractivity contribution < 1.29 is 33.6 Å². The summed E-state index contributed by atoms with van der Waals surface area (Å²) < 4.78 is 6.08. The smallest absolute Gasteiger partial charge is 0.137 e. The molecule has 2 aliphatic rings. The minimum absolute atomic E-state index is 0. The van der Waals surface area contributed by atoms with Crippen LogP contribution in [0, 0.1) is 6.92 Å². The first-order chi connectivity index (χ1) is 11.3. The van der Waals surface area contributed by atoms with Gasteiger partial charge in [0.2, 0.25) is 0 Å². The molecule has 0 bridgehead atoms. The van der Waals surface area contributed by atoms with Gasteiger partial charge in [0.15, 0.2) is 0 Å². The third kappa shape index (κ3) is 5.91. The minimum Gasteiger partial charge on any atom is -1.00 e. The van der Waals surface area contributed by atoms with Crippen LogP contribution in [0.4, 0.5) is 0 Å². The number of halogens is 1. The van der Waals surface area contributed by atoms with Crippen LogP contribution in [-0.4, -0.2) is 25.2 Å². The third-order valence-electron chi connectivity index (χ3n) is 5.91. The molecule has 3 rings (SSSR count). The predicted molar refractivity (Wildman–Crippen MR) is 96.2 cm³/mol. The standard InChI is InChI=1S/C21H33NO.HI/c1-18-9-8-14-21(17-18)23-16-15-22(19-10-4-2-5-11-19)20-12-6-3-7-13-20;/h8-9,14,17,19-20H,2-7,10-13,15-16H2,1H3;1H. The van der Waals surface area contributed by atoms with Crippen molar-refractivity contribution in [3.05, 3.63) is 29.8 Å². The van der Waals surface area contributed by atoms with Crippen LogP contribution in [0.1, 0.15) is 69.8 Å². The third-order valence-corrected chi connectivity index (χ3v) is 5.91. The highest BCUT2D eigenvalue weighted by Gasteiger charge is 2.32. The second kappa shape index (κ2) is 10.6. The molecule has 3 heteroatoms. The van der Waals surface area contributed by atoms with E-state index in [9.17, 15) is 0 Å². The quantitative estimate of drug-likeness (QED) is 0.646. The monoisotopic (exact) mass is 443 g/mol. The number of quaternary nitrogens is 1. The van der Waals surface area contributed by atoms with Crippen molar-refractivity contribution in [2.45, 2.75) is 83.2 Å². The zero-order valence-electron chi connectivity index (χ0n) is 15.2. The first kappa shape index (κ1) is 20.0. The Morgan fingerprint density at radius 3 is 2.04 bits per heavy atom. The first-order valence-electron chi connectivity index (χ1n) is 9.88. The average Bonchev–Trinajstić information content (AvgIpc) is 2.60. The van der Waals surface area contributed by atoms with E-state index < -0.39 is 0 Å². The Balaban J connectivity index is 0.00000208. The van der Waals surface area contributed by atoms with Crippen LogP contribution in [0.25, 0.3) is 0 Å². The minimum atomic E-state index is 0. The maximum absolute atomic E-state index is 6.08. The van der Waals surface area contributed by atoms with Gasteiger partial charge in [-0.2, -0.15) is 0 Å². The summed E-state index contributed by atoms with van der Waals surface area (Å²) in [6.45, 7) is 4.18. The Hall–Kier alpha value is -0.290. The highest BCUT2D eigenvalue weighted by atomic mass is 127. The van der Waals surface area contributed by atoms with Gasteiger partial charge in [-0.1, -0.05) is 25.0 Å². The molecule has 0 amide bonds. The molecule has 0 atom stereocenters. The molecule has 2 saturated carbocycles. The van der Waals surface area contributed by atoms with Gasteiger partial charge in [-0.25, -0.2) is 0 Å². The van der Waals surface area contributed by atoms with Gasteiger partial charge in [0.05, 0.1) is 12.1 Å². The van der Waals surface area contributed by atoms with Crippen molar-refractivity contribution in [2.75, 3.05) is 13.2 Å². The lowest BCUT2D eigenvalue weighted by Crippen LogP contribution is -3.20. The molecule has 0 saturated heterocycles. The number of ether oxygens (including phenoxy) is 1. The number of hydrogen-bond acceptors (Lipinski definition) is 1. The lowest BCUT2D eigenvalue weighted by Gasteiger charge is -2.38. The Morgan fingerprint density at radius 2 is 1.50 bits per heavy atom. The number of nitrogens with one attached hydrogen (secondary N) is 1. The summed E-state index contributed by atoms with van der Waals surface area (Å²) >= 11 is 0. The predicted octanol–water partition coefficient (Wildman–Crippen LogP) is 0.928. The molecule has 2 nitrogen and oxygen atoms in total. The number of benzene rings is 1. The maximum Gasteiger partial charge on any atom is 0.137 e. The van der Waals surface area contributed by atoms with Crippen LogP contribution < -0.4 is 33.6 Å². The van der Waals surface area contributed by atoms with Crippen molar-refractivity contribution in [1.29, 1.82) is 0 Å². The normalized spacial score (nSPS) is 19.9. The van der Waals surface area contributed by atoms with E-state index in [1.165, 1.54) is 76.3 Å². The largest absolute Gasteiger partial charge is 1.00 e. The molecule has 1 aromatic carbocycles. The summed E-state index contributed by atoms with van der Waals surface area (Å²) in [5.74, 6) is 1.04. The maximum atomic E-state index is 6.08. The topological polar surface area (TPSA) is 13.7 Å². The first-order valence-corrected chi connectivity index (χ1v) is 9.88. The molecule has 1 aromatic rings. The van der Waals surface area contributed by atoms with E-state index >= 15 is 0 Å². The zero-order valence-corrected chi connectivity index (χ0v) is 17.4. The fraction of sp³-hybridized carbons (Fsp3) is 0.714. The van der Waals surface area contributed by atoms with Gasteiger partial charge >= 0.3 is 0 Å². The van der Waals surface area contributed by atoms with Crippen molar-refractivity contribution in [1.82, 2.24) is 0 Å². The van der Waals surface area contributed by atoms with E-state index in [0.717, 1.165) is 24.4 Å². The lowest BCUT2D eigenvalue weighted by atomic mass is 9.88. The molecule has 0 radical (unpaired) electrons. The lowest BCUT2D eigenvalue weighted by molar-refractivity contribution is -0.952. The fourth-order valence-electron chi connectivity index (χ4n) is 4.68. The Bertz CT molecular complexity index is 449. The van der Waals surface area contributed by atoms with E-state index in [-0.39, 0.29) is 24.0 Å². The van der Waals surface area contributed by atoms with E-state index in [2.05, 4.69) is 31.2 Å². The summed E-state index contributed by atoms with van der Waals surface area (Å²) in [6, 6.07) is 10.3. The van der Waals surface area contributed by atoms with Crippen LogP contribution in [0.15, 0.2) is 24.3 Å². The average molecular weight is 443 g/mol. The van der Waals surface area contributed by atoms with Crippen LogP contribution >= 0.6 is 0 Å². The molecule has 24 heavy (non-hydrogen) atoms. The van der Waals surface area contributed by atoms with E-state index in [0.29, 0.717) is 0 Å². The van der Waals surface area contributed by atoms with Crippen molar-refractivity contribution in [3.8, 4) is 5.75 Å². The molecule has 0 spiro atoms. The summed E-state index contributed by atoms with van der Waals surface area (Å²) in [5.41, 5.74) is 1.28. The van der Waals surface area contributed by atoms with Gasteiger partial charge in [-0.3, -0.25) is 0 Å². The number of hydrogen-bond donors (Lipinski definition) is 1. The van der Waals surface area contributed by atoms with E-state index in [1.807, 2.05) is 4.90 Å². The summed E-state index contributed by atoms with van der Waals surface area (Å²) in [7, 11) is 0. The van der Waals surface area contributed by atoms with E-state index in [4.69, 9.17) is 4.74 Å². The van der Waals surface area contributed by atoms with Crippen LogP contribution in [0.2, 0.25) is 0 Å². The molecule has 0 unspecified atom stereocenters. The van der Waals surface area contributed by atoms with Gasteiger partial charge < -0.3 is 33.6 Å². The molecule has 2 aliphatic carbocycles. The molecule has 1 N–H and O–H groups in total. The second-order valence-electron chi connectivity index (χ2n) is 7.66. The summed E-state index contributed by atoms with van der Waals surface area (Å²) in [4.78, 5) is 1.87. The van der Waals surface area contributed by atoms with Crippen molar-refractivity contribution in [2.24, 2.45) is 0 Å². The van der Waals surface area contributed by atoms with Crippen LogP contribution in [-0.2, 0) is 0 Å². The SMILES string of the molecule is Cc1cccc(OCC[NH+](C2CCCCC2)C2CCCCC2)c1.[I-]. The van der Waals surface area contributed by atoms with Gasteiger partial charge in [0, 0.05) is 0 Å². The fourth-order valence-corrected chi connectivity index (χ4v) is 4.68. The molecule has 0 aromatic heterocycles. The molecule has 2 fully saturated rings. The molecular weight excluding hydrogens is 409 g/mol. The van der Waals surface area contributed by atoms with E-state index in [1.54, 1.807) is 0 Å². The number of rotatable bonds is 6. The number of aryl methyl sites for hydroxylation is 1. The van der Waals surface area contributed by atoms with Gasteiger partial charge in [-0.15, -0.1) is 0 Å².